The average Bonchev–Trinajstić information content (AvgIpc) is 2.75. The van der Waals surface area contributed by atoms with Crippen LogP contribution in [-0.4, -0.2) is 57.8 Å². The number of ether oxygens (including phenoxy) is 2. The number of halogens is 1. The quantitative estimate of drug-likeness (QED) is 0.637. The Balaban J connectivity index is 1.65. The van der Waals surface area contributed by atoms with E-state index in [1.165, 1.54) is 35.3 Å². The number of nitrogens with zero attached hydrogens (tertiary/aromatic N) is 1. The molecule has 1 aliphatic heterocycles. The van der Waals surface area contributed by atoms with E-state index in [1.807, 2.05) is 24.3 Å². The monoisotopic (exact) mass is 470 g/mol. The number of morpholine rings is 1. The number of rotatable bonds is 8. The number of hydrogen-bond acceptors (Lipinski definition) is 6. The zero-order valence-corrected chi connectivity index (χ0v) is 18.9. The Morgan fingerprint density at radius 1 is 1.20 bits per heavy atom. The Labute approximate surface area is 185 Å². The molecule has 0 bridgehead atoms. The number of hydrogen-bond donors (Lipinski definition) is 1. The van der Waals surface area contributed by atoms with E-state index in [4.69, 9.17) is 21.1 Å². The number of anilines is 1. The molecule has 1 heterocycles. The fraction of sp³-hybridized carbons (Fsp3) is 0.350. The van der Waals surface area contributed by atoms with Gasteiger partial charge in [0.15, 0.2) is 0 Å². The van der Waals surface area contributed by atoms with Gasteiger partial charge in [-0.2, -0.15) is 4.31 Å². The van der Waals surface area contributed by atoms with Gasteiger partial charge in [-0.15, -0.1) is 11.8 Å². The minimum Gasteiger partial charge on any atom is -0.495 e. The lowest BCUT2D eigenvalue weighted by Crippen LogP contribution is -2.40. The summed E-state index contributed by atoms with van der Waals surface area (Å²) in [4.78, 5) is 12.5. The zero-order chi connectivity index (χ0) is 21.6. The van der Waals surface area contributed by atoms with Gasteiger partial charge in [-0.3, -0.25) is 4.79 Å². The van der Waals surface area contributed by atoms with Gasteiger partial charge >= 0.3 is 0 Å². The summed E-state index contributed by atoms with van der Waals surface area (Å²) in [7, 11) is -2.20. The lowest BCUT2D eigenvalue weighted by atomic mass is 10.2. The molecule has 0 atom stereocenters. The smallest absolute Gasteiger partial charge is 0.243 e. The Bertz CT molecular complexity index is 977. The highest BCUT2D eigenvalue weighted by Gasteiger charge is 2.27. The molecule has 0 saturated carbocycles. The van der Waals surface area contributed by atoms with Crippen molar-refractivity contribution in [3.8, 4) is 5.75 Å². The third-order valence-corrected chi connectivity index (χ3v) is 7.62. The van der Waals surface area contributed by atoms with Crippen molar-refractivity contribution >= 4 is 45.0 Å². The predicted octanol–water partition coefficient (Wildman–Crippen LogP) is 3.24. The second-order valence-electron chi connectivity index (χ2n) is 6.55. The maximum Gasteiger partial charge on any atom is 0.243 e. The van der Waals surface area contributed by atoms with Crippen LogP contribution in [0.25, 0.3) is 0 Å². The highest BCUT2D eigenvalue weighted by Crippen LogP contribution is 2.29. The van der Waals surface area contributed by atoms with E-state index in [0.29, 0.717) is 48.5 Å². The van der Waals surface area contributed by atoms with Crippen molar-refractivity contribution < 1.29 is 22.7 Å². The largest absolute Gasteiger partial charge is 0.495 e. The summed E-state index contributed by atoms with van der Waals surface area (Å²) in [5.74, 6) is 1.03. The maximum absolute atomic E-state index is 12.9. The first kappa shape index (κ1) is 22.9. The second-order valence-corrected chi connectivity index (χ2v) is 9.91. The number of thioether (sulfide) groups is 1. The summed E-state index contributed by atoms with van der Waals surface area (Å²) in [5, 5.41) is 3.43. The van der Waals surface area contributed by atoms with Gasteiger partial charge in [0, 0.05) is 23.9 Å². The molecule has 0 unspecified atom stereocenters. The molecule has 1 amide bonds. The van der Waals surface area contributed by atoms with Gasteiger partial charge in [-0.25, -0.2) is 8.42 Å². The molecular formula is C20H23ClN2O5S2. The average molecular weight is 471 g/mol. The summed E-state index contributed by atoms with van der Waals surface area (Å²) in [6, 6.07) is 11.9. The minimum atomic E-state index is -3.67. The number of carbonyl (C=O) groups excluding carboxylic acids is 1. The molecule has 3 rings (SSSR count). The van der Waals surface area contributed by atoms with Crippen molar-refractivity contribution in [1.82, 2.24) is 4.31 Å². The van der Waals surface area contributed by atoms with Crippen LogP contribution in [0.1, 0.15) is 5.56 Å². The van der Waals surface area contributed by atoms with E-state index < -0.39 is 10.0 Å². The lowest BCUT2D eigenvalue weighted by Gasteiger charge is -2.26. The molecule has 10 heteroatoms. The van der Waals surface area contributed by atoms with Crippen LogP contribution >= 0.6 is 23.4 Å². The molecule has 30 heavy (non-hydrogen) atoms. The number of methoxy groups -OCH3 is 1. The number of carbonyl (C=O) groups is 1. The molecule has 0 aliphatic carbocycles. The molecule has 2 aromatic carbocycles. The van der Waals surface area contributed by atoms with Crippen molar-refractivity contribution in [1.29, 1.82) is 0 Å². The van der Waals surface area contributed by atoms with E-state index in [2.05, 4.69) is 5.32 Å². The Hall–Kier alpha value is -1.78. The number of sulfonamides is 1. The van der Waals surface area contributed by atoms with Crippen molar-refractivity contribution in [3.05, 3.63) is 53.1 Å². The van der Waals surface area contributed by atoms with Crippen LogP contribution in [0.3, 0.4) is 0 Å². The first-order valence-corrected chi connectivity index (χ1v) is 12.3. The Morgan fingerprint density at radius 3 is 2.57 bits per heavy atom. The number of nitrogens with one attached hydrogen (secondary N) is 1. The topological polar surface area (TPSA) is 84.9 Å². The highest BCUT2D eigenvalue weighted by molar-refractivity contribution is 7.99. The van der Waals surface area contributed by atoms with Gasteiger partial charge in [0.1, 0.15) is 5.75 Å². The highest BCUT2D eigenvalue weighted by atomic mass is 35.5. The van der Waals surface area contributed by atoms with Gasteiger partial charge < -0.3 is 14.8 Å². The SMILES string of the molecule is COc1ccc(S(=O)(=O)N2CCOCC2)cc1NC(=O)CSCc1ccc(Cl)cc1. The third kappa shape index (κ3) is 5.89. The fourth-order valence-corrected chi connectivity index (χ4v) is 5.26. The maximum atomic E-state index is 12.9. The summed E-state index contributed by atoms with van der Waals surface area (Å²) >= 11 is 7.32. The molecule has 0 spiro atoms. The molecule has 162 valence electrons. The first-order valence-electron chi connectivity index (χ1n) is 9.28. The predicted molar refractivity (Wildman–Crippen MR) is 119 cm³/mol. The van der Waals surface area contributed by atoms with Crippen LogP contribution in [0.15, 0.2) is 47.4 Å². The zero-order valence-electron chi connectivity index (χ0n) is 16.5. The van der Waals surface area contributed by atoms with Gasteiger partial charge in [0.05, 0.1) is 36.7 Å². The van der Waals surface area contributed by atoms with Crippen LogP contribution in [0.4, 0.5) is 5.69 Å². The summed E-state index contributed by atoms with van der Waals surface area (Å²) in [5.41, 5.74) is 1.39. The van der Waals surface area contributed by atoms with E-state index >= 15 is 0 Å². The van der Waals surface area contributed by atoms with Crippen LogP contribution in [-0.2, 0) is 25.3 Å². The minimum absolute atomic E-state index is 0.106. The fourth-order valence-electron chi connectivity index (χ4n) is 2.91. The van der Waals surface area contributed by atoms with Crippen LogP contribution in [0.2, 0.25) is 5.02 Å². The van der Waals surface area contributed by atoms with Crippen molar-refractivity contribution in [2.45, 2.75) is 10.6 Å². The number of benzene rings is 2. The van der Waals surface area contributed by atoms with Crippen LogP contribution in [0, 0.1) is 0 Å². The van der Waals surface area contributed by atoms with Gasteiger partial charge in [0.25, 0.3) is 0 Å². The Morgan fingerprint density at radius 2 is 1.90 bits per heavy atom. The molecule has 2 aromatic rings. The molecule has 1 fully saturated rings. The van der Waals surface area contributed by atoms with Gasteiger partial charge in [0.2, 0.25) is 15.9 Å². The van der Waals surface area contributed by atoms with Crippen LogP contribution in [0.5, 0.6) is 5.75 Å². The molecule has 0 radical (unpaired) electrons. The first-order chi connectivity index (χ1) is 14.4. The molecule has 1 aliphatic rings. The van der Waals surface area contributed by atoms with E-state index in [-0.39, 0.29) is 16.6 Å². The van der Waals surface area contributed by atoms with Gasteiger partial charge in [-0.1, -0.05) is 23.7 Å². The summed E-state index contributed by atoms with van der Waals surface area (Å²) in [6.07, 6.45) is 0. The Kier molecular flexibility index (Phi) is 8.01. The van der Waals surface area contributed by atoms with Crippen molar-refractivity contribution in [2.24, 2.45) is 0 Å². The van der Waals surface area contributed by atoms with E-state index in [1.54, 1.807) is 6.07 Å². The number of amides is 1. The normalized spacial score (nSPS) is 15.0. The lowest BCUT2D eigenvalue weighted by molar-refractivity contribution is -0.113. The van der Waals surface area contributed by atoms with E-state index in [9.17, 15) is 13.2 Å². The molecule has 0 aromatic heterocycles. The van der Waals surface area contributed by atoms with E-state index in [0.717, 1.165) is 5.56 Å². The van der Waals surface area contributed by atoms with Crippen molar-refractivity contribution in [3.63, 3.8) is 0 Å². The molecule has 7 nitrogen and oxygen atoms in total. The summed E-state index contributed by atoms with van der Waals surface area (Å²) < 4.78 is 37.7. The molecule has 1 N–H and O–H groups in total. The van der Waals surface area contributed by atoms with Crippen LogP contribution < -0.4 is 10.1 Å². The molecule has 1 saturated heterocycles. The second kappa shape index (κ2) is 10.5. The molecular weight excluding hydrogens is 448 g/mol. The van der Waals surface area contributed by atoms with Gasteiger partial charge in [-0.05, 0) is 35.9 Å². The third-order valence-electron chi connectivity index (χ3n) is 4.47. The summed E-state index contributed by atoms with van der Waals surface area (Å²) in [6.45, 7) is 1.34. The standard InChI is InChI=1S/C20H23ClN2O5S2/c1-27-19-7-6-17(30(25,26)23-8-10-28-11-9-23)12-18(19)22-20(24)14-29-13-15-2-4-16(21)5-3-15/h2-7,12H,8-11,13-14H2,1H3,(H,22,24). The van der Waals surface area contributed by atoms with Crippen molar-refractivity contribution in [2.75, 3.05) is 44.5 Å².